The molecule has 1 aromatic carbocycles. The van der Waals surface area contributed by atoms with Crippen LogP contribution >= 0.6 is 0 Å². The number of carboxylic acid groups (broad SMARTS) is 1. The number of hydrogen-bond donors (Lipinski definition) is 1. The highest BCUT2D eigenvalue weighted by Crippen LogP contribution is 2.67. The number of hydrogen-bond acceptors (Lipinski definition) is 2. The molecule has 1 N–H and O–H groups in total. The van der Waals surface area contributed by atoms with Gasteiger partial charge in [0, 0.05) is 0 Å². The summed E-state index contributed by atoms with van der Waals surface area (Å²) in [5.74, 6) is -0.726. The van der Waals surface area contributed by atoms with E-state index < -0.39 is 11.4 Å². The summed E-state index contributed by atoms with van der Waals surface area (Å²) in [6.07, 6.45) is 0.986. The molecule has 2 saturated heterocycles. The minimum Gasteiger partial charge on any atom is -0.481 e. The van der Waals surface area contributed by atoms with E-state index in [1.807, 2.05) is 37.3 Å². The molecule has 84 valence electrons. The van der Waals surface area contributed by atoms with Gasteiger partial charge in [-0.2, -0.15) is 0 Å². The van der Waals surface area contributed by atoms with E-state index in [0.717, 1.165) is 5.56 Å². The quantitative estimate of drug-likeness (QED) is 0.829. The number of fused-ring (bicyclic) bond motifs is 1. The number of rotatable bonds is 2. The number of aliphatic carboxylic acids is 1. The highest BCUT2D eigenvalue weighted by Gasteiger charge is 2.70. The van der Waals surface area contributed by atoms with Gasteiger partial charge in [-0.25, -0.2) is 0 Å². The molecule has 0 amide bonds. The van der Waals surface area contributed by atoms with Crippen LogP contribution in [0.3, 0.4) is 0 Å². The van der Waals surface area contributed by atoms with E-state index in [2.05, 4.69) is 0 Å². The zero-order chi connectivity index (χ0) is 11.4. The summed E-state index contributed by atoms with van der Waals surface area (Å²) in [6.45, 7) is 2.00. The summed E-state index contributed by atoms with van der Waals surface area (Å²) in [5.41, 5.74) is 0.0702. The molecule has 2 bridgehead atoms. The predicted molar refractivity (Wildman–Crippen MR) is 58.0 cm³/mol. The third-order valence-electron chi connectivity index (χ3n) is 3.81. The van der Waals surface area contributed by atoms with Crippen molar-refractivity contribution in [2.45, 2.75) is 31.5 Å². The van der Waals surface area contributed by atoms with Crippen LogP contribution in [0.25, 0.3) is 0 Å². The molecule has 3 aliphatic rings. The minimum atomic E-state index is -0.726. The molecule has 1 aliphatic carbocycles. The second kappa shape index (κ2) is 2.86. The van der Waals surface area contributed by atoms with Crippen molar-refractivity contribution in [2.75, 3.05) is 0 Å². The molecular formula is C13H14O3. The third-order valence-corrected chi connectivity index (χ3v) is 3.81. The third kappa shape index (κ3) is 1.09. The van der Waals surface area contributed by atoms with Gasteiger partial charge in [0.25, 0.3) is 0 Å². The molecule has 3 fully saturated rings. The van der Waals surface area contributed by atoms with Crippen molar-refractivity contribution >= 4 is 5.97 Å². The van der Waals surface area contributed by atoms with Gasteiger partial charge in [0.1, 0.15) is 5.41 Å². The van der Waals surface area contributed by atoms with Gasteiger partial charge < -0.3 is 9.84 Å². The van der Waals surface area contributed by atoms with Crippen molar-refractivity contribution in [1.29, 1.82) is 0 Å². The normalized spacial score (nSPS) is 40.4. The van der Waals surface area contributed by atoms with E-state index in [-0.39, 0.29) is 11.7 Å². The molecule has 2 heterocycles. The van der Waals surface area contributed by atoms with Crippen LogP contribution in [-0.2, 0) is 9.53 Å². The Kier molecular flexibility index (Phi) is 1.76. The molecule has 1 saturated carbocycles. The first-order valence-corrected chi connectivity index (χ1v) is 5.52. The number of carboxylic acids is 1. The molecule has 4 rings (SSSR count). The lowest BCUT2D eigenvalue weighted by molar-refractivity contribution is -0.154. The van der Waals surface area contributed by atoms with Crippen LogP contribution < -0.4 is 0 Å². The van der Waals surface area contributed by atoms with Crippen molar-refractivity contribution in [3.8, 4) is 0 Å². The summed E-state index contributed by atoms with van der Waals surface area (Å²) in [5, 5.41) is 9.38. The molecule has 3 heteroatoms. The second-order valence-corrected chi connectivity index (χ2v) is 5.17. The molecular weight excluding hydrogens is 204 g/mol. The Morgan fingerprint density at radius 2 is 2.00 bits per heavy atom. The highest BCUT2D eigenvalue weighted by molar-refractivity contribution is 5.78. The Balaban J connectivity index is 2.00. The van der Waals surface area contributed by atoms with Crippen LogP contribution in [0.5, 0.6) is 0 Å². The van der Waals surface area contributed by atoms with Gasteiger partial charge in [-0.05, 0) is 25.3 Å². The lowest BCUT2D eigenvalue weighted by atomic mass is 9.60. The molecule has 0 radical (unpaired) electrons. The van der Waals surface area contributed by atoms with Crippen LogP contribution in [0, 0.1) is 5.41 Å². The molecule has 1 unspecified atom stereocenters. The fraction of sp³-hybridized carbons (Fsp3) is 0.462. The molecule has 0 spiro atoms. The van der Waals surface area contributed by atoms with Crippen LogP contribution in [0.15, 0.2) is 30.3 Å². The number of benzene rings is 1. The van der Waals surface area contributed by atoms with Crippen LogP contribution in [0.1, 0.15) is 31.4 Å². The average molecular weight is 218 g/mol. The van der Waals surface area contributed by atoms with E-state index >= 15 is 0 Å². The summed E-state index contributed by atoms with van der Waals surface area (Å²) in [7, 11) is 0. The van der Waals surface area contributed by atoms with Gasteiger partial charge in [-0.1, -0.05) is 30.3 Å². The SMILES string of the molecule is CC12CC(C(=O)O)(C1)C(c1ccccc1)O2. The van der Waals surface area contributed by atoms with Crippen LogP contribution in [0.4, 0.5) is 0 Å². The van der Waals surface area contributed by atoms with Gasteiger partial charge in [0.2, 0.25) is 0 Å². The van der Waals surface area contributed by atoms with Crippen molar-refractivity contribution in [3.05, 3.63) is 35.9 Å². The maximum atomic E-state index is 11.4. The number of ether oxygens (including phenoxy) is 1. The van der Waals surface area contributed by atoms with Crippen molar-refractivity contribution in [3.63, 3.8) is 0 Å². The Morgan fingerprint density at radius 1 is 1.38 bits per heavy atom. The van der Waals surface area contributed by atoms with E-state index in [1.165, 1.54) is 0 Å². The Bertz CT molecular complexity index is 432. The van der Waals surface area contributed by atoms with Crippen LogP contribution in [-0.4, -0.2) is 16.7 Å². The standard InChI is InChI=1S/C13H14O3/c1-12-7-13(8-12,11(14)15)10(16-12)9-5-3-2-4-6-9/h2-6,10H,7-8H2,1H3,(H,14,15). The van der Waals surface area contributed by atoms with Gasteiger partial charge in [0.05, 0.1) is 11.7 Å². The first kappa shape index (κ1) is 9.85. The average Bonchev–Trinajstić information content (AvgIpc) is 2.69. The predicted octanol–water partition coefficient (Wildman–Crippen LogP) is 2.38. The van der Waals surface area contributed by atoms with E-state index in [1.54, 1.807) is 0 Å². The molecule has 1 aromatic rings. The van der Waals surface area contributed by atoms with E-state index in [9.17, 15) is 9.90 Å². The highest BCUT2D eigenvalue weighted by atomic mass is 16.5. The topological polar surface area (TPSA) is 46.5 Å². The first-order valence-electron chi connectivity index (χ1n) is 5.52. The maximum absolute atomic E-state index is 11.4. The van der Waals surface area contributed by atoms with Gasteiger partial charge in [-0.3, -0.25) is 4.79 Å². The molecule has 3 nitrogen and oxygen atoms in total. The molecule has 1 atom stereocenters. The summed E-state index contributed by atoms with van der Waals surface area (Å²) < 4.78 is 5.89. The Hall–Kier alpha value is -1.35. The summed E-state index contributed by atoms with van der Waals surface area (Å²) >= 11 is 0. The zero-order valence-corrected chi connectivity index (χ0v) is 9.14. The summed E-state index contributed by atoms with van der Waals surface area (Å²) in [4.78, 5) is 11.4. The first-order chi connectivity index (χ1) is 7.56. The van der Waals surface area contributed by atoms with Gasteiger partial charge in [0.15, 0.2) is 0 Å². The fourth-order valence-electron chi connectivity index (χ4n) is 3.23. The van der Waals surface area contributed by atoms with Gasteiger partial charge in [-0.15, -0.1) is 0 Å². The maximum Gasteiger partial charge on any atom is 0.312 e. The minimum absolute atomic E-state index is 0.223. The Labute approximate surface area is 94.0 Å². The Morgan fingerprint density at radius 3 is 2.56 bits per heavy atom. The van der Waals surface area contributed by atoms with E-state index in [0.29, 0.717) is 12.8 Å². The number of carbonyl (C=O) groups is 1. The van der Waals surface area contributed by atoms with Crippen molar-refractivity contribution < 1.29 is 14.6 Å². The lowest BCUT2D eigenvalue weighted by Gasteiger charge is -2.39. The van der Waals surface area contributed by atoms with Crippen LogP contribution in [0.2, 0.25) is 0 Å². The monoisotopic (exact) mass is 218 g/mol. The van der Waals surface area contributed by atoms with Crippen molar-refractivity contribution in [1.82, 2.24) is 0 Å². The van der Waals surface area contributed by atoms with E-state index in [4.69, 9.17) is 4.74 Å². The van der Waals surface area contributed by atoms with Crippen molar-refractivity contribution in [2.24, 2.45) is 5.41 Å². The summed E-state index contributed by atoms with van der Waals surface area (Å²) in [6, 6.07) is 9.66. The largest absolute Gasteiger partial charge is 0.481 e. The smallest absolute Gasteiger partial charge is 0.312 e. The fourth-order valence-corrected chi connectivity index (χ4v) is 3.23. The second-order valence-electron chi connectivity index (χ2n) is 5.17. The zero-order valence-electron chi connectivity index (χ0n) is 9.14. The molecule has 0 aromatic heterocycles. The van der Waals surface area contributed by atoms with Gasteiger partial charge >= 0.3 is 5.97 Å². The lowest BCUT2D eigenvalue weighted by Crippen LogP contribution is -2.47. The molecule has 2 aliphatic heterocycles. The molecule has 16 heavy (non-hydrogen) atoms.